The van der Waals surface area contributed by atoms with E-state index in [0.717, 1.165) is 17.7 Å². The molecule has 3 heterocycles. The zero-order chi connectivity index (χ0) is 27.0. The van der Waals surface area contributed by atoms with Gasteiger partial charge in [0.25, 0.3) is 5.91 Å². The number of hydrogen-bond donors (Lipinski definition) is 2. The van der Waals surface area contributed by atoms with E-state index in [-0.39, 0.29) is 42.5 Å². The van der Waals surface area contributed by atoms with E-state index in [1.165, 1.54) is 23.1 Å². The SMILES string of the molecule is Cc1cc(-c2ncc3cc(C(F)(F)F)ccc3n2)ccc1N1CCOc2cnn(C/C(N)=N/N=N)c2C1=O. The lowest BCUT2D eigenvalue weighted by Gasteiger charge is -2.23. The molecule has 2 aromatic carbocycles. The van der Waals surface area contributed by atoms with Gasteiger partial charge in [0.05, 0.1) is 23.8 Å². The minimum Gasteiger partial charge on any atom is -0.488 e. The predicted octanol–water partition coefficient (Wildman–Crippen LogP) is 4.16. The third kappa shape index (κ3) is 4.63. The minimum atomic E-state index is -4.45. The number of fused-ring (bicyclic) bond motifs is 2. The van der Waals surface area contributed by atoms with Gasteiger partial charge in [0.1, 0.15) is 19.0 Å². The Bertz CT molecular complexity index is 1600. The molecule has 1 aliphatic rings. The minimum absolute atomic E-state index is 0.0000421. The molecule has 4 aromatic rings. The van der Waals surface area contributed by atoms with Gasteiger partial charge in [-0.05, 0) is 48.9 Å². The average molecular weight is 523 g/mol. The maximum absolute atomic E-state index is 13.5. The number of aryl methyl sites for hydroxylation is 1. The Morgan fingerprint density at radius 3 is 2.76 bits per heavy atom. The smallest absolute Gasteiger partial charge is 0.416 e. The molecule has 0 saturated carbocycles. The summed E-state index contributed by atoms with van der Waals surface area (Å²) in [6.07, 6.45) is -1.67. The van der Waals surface area contributed by atoms with Gasteiger partial charge in [0, 0.05) is 22.8 Å². The van der Waals surface area contributed by atoms with Crippen molar-refractivity contribution in [1.82, 2.24) is 19.7 Å². The van der Waals surface area contributed by atoms with E-state index in [9.17, 15) is 18.0 Å². The molecule has 0 unspecified atom stereocenters. The van der Waals surface area contributed by atoms with Crippen LogP contribution in [0.15, 0.2) is 59.1 Å². The largest absolute Gasteiger partial charge is 0.488 e. The third-order valence-corrected chi connectivity index (χ3v) is 5.97. The molecule has 0 atom stereocenters. The number of nitrogens with two attached hydrogens (primary N) is 1. The van der Waals surface area contributed by atoms with Gasteiger partial charge in [-0.2, -0.15) is 23.8 Å². The quantitative estimate of drug-likeness (QED) is 0.174. The zero-order valence-corrected chi connectivity index (χ0v) is 19.9. The number of amidine groups is 1. The first-order valence-electron chi connectivity index (χ1n) is 11.3. The molecule has 1 aliphatic heterocycles. The van der Waals surface area contributed by atoms with Crippen molar-refractivity contribution >= 4 is 28.3 Å². The van der Waals surface area contributed by atoms with Gasteiger partial charge in [-0.1, -0.05) is 5.22 Å². The van der Waals surface area contributed by atoms with Crippen molar-refractivity contribution in [2.45, 2.75) is 19.6 Å². The third-order valence-electron chi connectivity index (χ3n) is 5.97. The second-order valence-corrected chi connectivity index (χ2v) is 8.48. The number of nitrogens with one attached hydrogen (secondary N) is 1. The summed E-state index contributed by atoms with van der Waals surface area (Å²) in [7, 11) is 0. The molecular weight excluding hydrogens is 503 g/mol. The number of carbonyl (C=O) groups is 1. The van der Waals surface area contributed by atoms with Crippen LogP contribution in [0.3, 0.4) is 0 Å². The molecule has 14 heteroatoms. The molecule has 0 aliphatic carbocycles. The highest BCUT2D eigenvalue weighted by Crippen LogP contribution is 2.33. The van der Waals surface area contributed by atoms with Crippen molar-refractivity contribution in [2.75, 3.05) is 18.1 Å². The lowest BCUT2D eigenvalue weighted by Crippen LogP contribution is -2.35. The van der Waals surface area contributed by atoms with Crippen LogP contribution < -0.4 is 15.4 Å². The fourth-order valence-electron chi connectivity index (χ4n) is 4.21. The second-order valence-electron chi connectivity index (χ2n) is 8.48. The number of hydrogen-bond acceptors (Lipinski definition) is 7. The standard InChI is InChI=1S/C24H20F3N9O2/c1-13-8-14(22-30-10-15-9-16(24(25,26)27)3-4-17(15)32-22)2-5-18(13)35-6-7-38-19-11-31-36(21(19)23(35)37)12-20(28)33-34-29/h2-5,8-11H,6-7,12H2,1H3,(H3,28,29,33). The molecule has 0 bridgehead atoms. The Hall–Kier alpha value is -4.88. The Kier molecular flexibility index (Phi) is 6.22. The first-order valence-corrected chi connectivity index (χ1v) is 11.3. The van der Waals surface area contributed by atoms with E-state index in [4.69, 9.17) is 16.0 Å². The molecule has 1 amide bonds. The highest BCUT2D eigenvalue weighted by molar-refractivity contribution is 6.07. The number of rotatable bonds is 5. The van der Waals surface area contributed by atoms with Gasteiger partial charge in [-0.15, -0.1) is 5.10 Å². The molecular formula is C24H20F3N9O2. The van der Waals surface area contributed by atoms with Crippen LogP contribution in [0.1, 0.15) is 21.6 Å². The molecule has 194 valence electrons. The van der Waals surface area contributed by atoms with Crippen molar-refractivity contribution in [1.29, 1.82) is 5.53 Å². The summed E-state index contributed by atoms with van der Waals surface area (Å²) >= 11 is 0. The summed E-state index contributed by atoms with van der Waals surface area (Å²) in [6, 6.07) is 8.62. The van der Waals surface area contributed by atoms with Crippen LogP contribution in [-0.4, -0.2) is 44.6 Å². The molecule has 2 aromatic heterocycles. The molecule has 5 rings (SSSR count). The number of nitrogens with zero attached hydrogens (tertiary/aromatic N) is 7. The van der Waals surface area contributed by atoms with Crippen molar-refractivity contribution in [3.8, 4) is 17.1 Å². The van der Waals surface area contributed by atoms with E-state index in [2.05, 4.69) is 25.4 Å². The number of ether oxygens (including phenoxy) is 1. The van der Waals surface area contributed by atoms with Gasteiger partial charge >= 0.3 is 6.18 Å². The van der Waals surface area contributed by atoms with E-state index in [0.29, 0.717) is 28.3 Å². The lowest BCUT2D eigenvalue weighted by atomic mass is 10.1. The number of halogens is 3. The molecule has 0 radical (unpaired) electrons. The van der Waals surface area contributed by atoms with E-state index in [1.807, 2.05) is 6.92 Å². The van der Waals surface area contributed by atoms with Crippen molar-refractivity contribution in [3.63, 3.8) is 0 Å². The Morgan fingerprint density at radius 2 is 2.03 bits per heavy atom. The van der Waals surface area contributed by atoms with Crippen LogP contribution in [0.25, 0.3) is 22.3 Å². The van der Waals surface area contributed by atoms with E-state index >= 15 is 0 Å². The van der Waals surface area contributed by atoms with Crippen molar-refractivity contribution in [3.05, 3.63) is 65.6 Å². The van der Waals surface area contributed by atoms with Crippen LogP contribution in [0, 0.1) is 12.5 Å². The van der Waals surface area contributed by atoms with Crippen molar-refractivity contribution < 1.29 is 22.7 Å². The Labute approximate surface area is 213 Å². The summed E-state index contributed by atoms with van der Waals surface area (Å²) in [6.45, 7) is 2.27. The number of aromatic nitrogens is 4. The van der Waals surface area contributed by atoms with Crippen LogP contribution >= 0.6 is 0 Å². The van der Waals surface area contributed by atoms with E-state index in [1.54, 1.807) is 23.1 Å². The highest BCUT2D eigenvalue weighted by Gasteiger charge is 2.31. The second kappa shape index (κ2) is 9.53. The number of carbonyl (C=O) groups excluding carboxylic acids is 1. The fraction of sp³-hybridized carbons (Fsp3) is 0.208. The first-order chi connectivity index (χ1) is 18.2. The van der Waals surface area contributed by atoms with Gasteiger partial charge in [-0.25, -0.2) is 14.6 Å². The van der Waals surface area contributed by atoms with Crippen LogP contribution in [0.2, 0.25) is 0 Å². The first kappa shape index (κ1) is 24.8. The van der Waals surface area contributed by atoms with Crippen LogP contribution in [0.5, 0.6) is 5.75 Å². The topological polar surface area (TPSA) is 148 Å². The maximum atomic E-state index is 13.5. The monoisotopic (exact) mass is 523 g/mol. The fourth-order valence-corrected chi connectivity index (χ4v) is 4.21. The van der Waals surface area contributed by atoms with Crippen molar-refractivity contribution in [2.24, 2.45) is 16.1 Å². The van der Waals surface area contributed by atoms with Gasteiger partial charge in [0.15, 0.2) is 17.3 Å². The van der Waals surface area contributed by atoms with Crippen LogP contribution in [0.4, 0.5) is 18.9 Å². The molecule has 0 saturated heterocycles. The number of anilines is 1. The lowest BCUT2D eigenvalue weighted by molar-refractivity contribution is -0.137. The predicted molar refractivity (Wildman–Crippen MR) is 131 cm³/mol. The Morgan fingerprint density at radius 1 is 1.21 bits per heavy atom. The summed E-state index contributed by atoms with van der Waals surface area (Å²) in [5.74, 6) is 0.289. The molecule has 0 spiro atoms. The molecule has 0 fully saturated rings. The molecule has 38 heavy (non-hydrogen) atoms. The zero-order valence-electron chi connectivity index (χ0n) is 19.9. The summed E-state index contributed by atoms with van der Waals surface area (Å²) in [5, 5.41) is 10.8. The molecule has 11 nitrogen and oxygen atoms in total. The highest BCUT2D eigenvalue weighted by atomic mass is 19.4. The average Bonchev–Trinajstić information content (AvgIpc) is 3.19. The van der Waals surface area contributed by atoms with Gasteiger partial charge < -0.3 is 15.4 Å². The molecule has 3 N–H and O–H groups in total. The normalized spacial score (nSPS) is 14.3. The van der Waals surface area contributed by atoms with Gasteiger partial charge in [0.2, 0.25) is 0 Å². The summed E-state index contributed by atoms with van der Waals surface area (Å²) < 4.78 is 46.1. The van der Waals surface area contributed by atoms with Crippen LogP contribution in [-0.2, 0) is 12.7 Å². The number of alkyl halides is 3. The summed E-state index contributed by atoms with van der Waals surface area (Å²) in [4.78, 5) is 23.8. The summed E-state index contributed by atoms with van der Waals surface area (Å²) in [5.41, 5.74) is 14.4. The maximum Gasteiger partial charge on any atom is 0.416 e. The number of amides is 1. The van der Waals surface area contributed by atoms with E-state index < -0.39 is 11.7 Å². The van der Waals surface area contributed by atoms with Gasteiger partial charge in [-0.3, -0.25) is 4.79 Å². The Balaban J connectivity index is 1.45. The number of benzene rings is 2.